The molecule has 286 valence electrons. The molecule has 1 heterocycles. The molecule has 0 unspecified atom stereocenters. The second-order valence-electron chi connectivity index (χ2n) is 16.3. The molecule has 0 saturated carbocycles. The number of nitrogens with zero attached hydrogens (tertiary/aromatic N) is 3. The molecule has 0 radical (unpaired) electrons. The maximum absolute atomic E-state index is 5.10. The number of benzene rings is 11. The van der Waals surface area contributed by atoms with E-state index in [-0.39, 0.29) is 0 Å². The molecule has 1 aromatic heterocycles. The first kappa shape index (κ1) is 34.6. The highest BCUT2D eigenvalue weighted by Crippen LogP contribution is 2.44. The predicted octanol–water partition coefficient (Wildman–Crippen LogP) is 15.7. The first-order valence-electron chi connectivity index (χ1n) is 21.2. The molecule has 0 amide bonds. The number of hydrogen-bond acceptors (Lipinski definition) is 3. The van der Waals surface area contributed by atoms with E-state index in [0.717, 1.165) is 38.6 Å². The van der Waals surface area contributed by atoms with Gasteiger partial charge in [-0.05, 0) is 116 Å². The van der Waals surface area contributed by atoms with Crippen molar-refractivity contribution in [1.82, 2.24) is 15.0 Å². The molecule has 0 aliphatic carbocycles. The third-order valence-corrected chi connectivity index (χ3v) is 12.8. The molecule has 0 aliphatic heterocycles. The van der Waals surface area contributed by atoms with Crippen molar-refractivity contribution in [3.8, 4) is 56.4 Å². The highest BCUT2D eigenvalue weighted by molar-refractivity contribution is 6.37. The highest BCUT2D eigenvalue weighted by Gasteiger charge is 2.18. The van der Waals surface area contributed by atoms with E-state index >= 15 is 0 Å². The average molecular weight is 786 g/mol. The summed E-state index contributed by atoms with van der Waals surface area (Å²) in [6.07, 6.45) is 0. The number of fused-ring (bicyclic) bond motifs is 3. The minimum atomic E-state index is 0.642. The molecule has 13 aromatic rings. The van der Waals surface area contributed by atoms with Gasteiger partial charge in [-0.3, -0.25) is 0 Å². The van der Waals surface area contributed by atoms with Crippen molar-refractivity contribution in [2.75, 3.05) is 0 Å². The van der Waals surface area contributed by atoms with Crippen LogP contribution in [0.15, 0.2) is 212 Å². The van der Waals surface area contributed by atoms with E-state index in [0.29, 0.717) is 17.5 Å². The lowest BCUT2D eigenvalue weighted by Gasteiger charge is -2.17. The average Bonchev–Trinajstić information content (AvgIpc) is 3.35. The van der Waals surface area contributed by atoms with Crippen LogP contribution in [-0.2, 0) is 0 Å². The lowest BCUT2D eigenvalue weighted by atomic mass is 9.86. The smallest absolute Gasteiger partial charge is 0.164 e. The first-order chi connectivity index (χ1) is 30.7. The molecule has 3 nitrogen and oxygen atoms in total. The van der Waals surface area contributed by atoms with Gasteiger partial charge in [0.25, 0.3) is 0 Å². The zero-order chi connectivity index (χ0) is 40.7. The molecule has 0 N–H and O–H groups in total. The number of aromatic nitrogens is 3. The molecule has 0 spiro atoms. The first-order valence-corrected chi connectivity index (χ1v) is 21.2. The summed E-state index contributed by atoms with van der Waals surface area (Å²) in [6.45, 7) is 0. The van der Waals surface area contributed by atoms with E-state index in [1.165, 1.54) is 75.8 Å². The van der Waals surface area contributed by atoms with Crippen LogP contribution in [0, 0.1) is 0 Å². The Hall–Kier alpha value is -8.27. The summed E-state index contributed by atoms with van der Waals surface area (Å²) >= 11 is 0. The lowest BCUT2D eigenvalue weighted by molar-refractivity contribution is 1.08. The Balaban J connectivity index is 0.952. The van der Waals surface area contributed by atoms with Crippen molar-refractivity contribution in [3.05, 3.63) is 212 Å². The highest BCUT2D eigenvalue weighted by atomic mass is 15.0. The van der Waals surface area contributed by atoms with Crippen molar-refractivity contribution in [2.24, 2.45) is 0 Å². The Morgan fingerprint density at radius 3 is 1.32 bits per heavy atom. The standard InChI is InChI=1S/C59H35N3/c1-2-12-41(13-3-1)57-60-58(62-59(61-57)51-24-7-14-37-11-4-5-20-47(37)51)42-30-25-36(26-31-42)43-18-6-19-44(33-43)46-34-45-32-29-40-16-9-22-49-48-21-8-15-38-27-28-39-17-10-23-50(55(39)53(38)48)52(35-46)56(45)54(40)49/h1-35H. The Labute approximate surface area is 357 Å². The van der Waals surface area contributed by atoms with Crippen LogP contribution in [0.3, 0.4) is 0 Å². The monoisotopic (exact) mass is 785 g/mol. The zero-order valence-corrected chi connectivity index (χ0v) is 33.5. The summed E-state index contributed by atoms with van der Waals surface area (Å²) in [4.78, 5) is 15.1. The van der Waals surface area contributed by atoms with E-state index < -0.39 is 0 Å². The molecule has 0 saturated heterocycles. The third kappa shape index (κ3) is 5.42. The van der Waals surface area contributed by atoms with Gasteiger partial charge in [-0.15, -0.1) is 0 Å². The Morgan fingerprint density at radius 1 is 0.210 bits per heavy atom. The van der Waals surface area contributed by atoms with Crippen LogP contribution in [0.25, 0.3) is 132 Å². The van der Waals surface area contributed by atoms with Gasteiger partial charge in [0.05, 0.1) is 0 Å². The third-order valence-electron chi connectivity index (χ3n) is 12.8. The molecule has 3 heteroatoms. The molecule has 0 bridgehead atoms. The fourth-order valence-electron chi connectivity index (χ4n) is 9.90. The zero-order valence-electron chi connectivity index (χ0n) is 33.5. The fraction of sp³-hybridized carbons (Fsp3) is 0. The van der Waals surface area contributed by atoms with Gasteiger partial charge in [-0.1, -0.05) is 194 Å². The Morgan fingerprint density at radius 2 is 0.645 bits per heavy atom. The molecule has 12 aromatic carbocycles. The summed E-state index contributed by atoms with van der Waals surface area (Å²) in [5.41, 5.74) is 7.52. The van der Waals surface area contributed by atoms with Gasteiger partial charge in [-0.2, -0.15) is 0 Å². The van der Waals surface area contributed by atoms with Gasteiger partial charge >= 0.3 is 0 Å². The molecular weight excluding hydrogens is 751 g/mol. The van der Waals surface area contributed by atoms with Crippen molar-refractivity contribution in [1.29, 1.82) is 0 Å². The summed E-state index contributed by atoms with van der Waals surface area (Å²) in [6, 6.07) is 76.7. The van der Waals surface area contributed by atoms with Crippen LogP contribution in [0.4, 0.5) is 0 Å². The lowest BCUT2D eigenvalue weighted by Crippen LogP contribution is -2.00. The normalized spacial score (nSPS) is 11.9. The minimum Gasteiger partial charge on any atom is -0.208 e. The van der Waals surface area contributed by atoms with E-state index in [1.54, 1.807) is 0 Å². The predicted molar refractivity (Wildman–Crippen MR) is 261 cm³/mol. The van der Waals surface area contributed by atoms with Crippen LogP contribution < -0.4 is 0 Å². The summed E-state index contributed by atoms with van der Waals surface area (Å²) in [7, 11) is 0. The maximum Gasteiger partial charge on any atom is 0.164 e. The Kier molecular flexibility index (Phi) is 7.60. The van der Waals surface area contributed by atoms with Crippen molar-refractivity contribution >= 4 is 75.4 Å². The van der Waals surface area contributed by atoms with Crippen LogP contribution in [-0.4, -0.2) is 15.0 Å². The molecular formula is C59H35N3. The summed E-state index contributed by atoms with van der Waals surface area (Å²) < 4.78 is 0. The van der Waals surface area contributed by atoms with E-state index in [9.17, 15) is 0 Å². The van der Waals surface area contributed by atoms with Gasteiger partial charge in [0.15, 0.2) is 17.5 Å². The van der Waals surface area contributed by atoms with Gasteiger partial charge < -0.3 is 0 Å². The van der Waals surface area contributed by atoms with Crippen LogP contribution >= 0.6 is 0 Å². The largest absolute Gasteiger partial charge is 0.208 e. The second kappa shape index (κ2) is 13.6. The van der Waals surface area contributed by atoms with E-state index in [4.69, 9.17) is 15.0 Å². The van der Waals surface area contributed by atoms with Crippen molar-refractivity contribution in [3.63, 3.8) is 0 Å². The molecule has 0 aliphatic rings. The molecule has 0 fully saturated rings. The molecule has 0 atom stereocenters. The number of rotatable bonds is 5. The van der Waals surface area contributed by atoms with Crippen LogP contribution in [0.1, 0.15) is 0 Å². The summed E-state index contributed by atoms with van der Waals surface area (Å²) in [5, 5.41) is 17.7. The van der Waals surface area contributed by atoms with Gasteiger partial charge in [0.2, 0.25) is 0 Å². The quantitative estimate of drug-likeness (QED) is 0.163. The number of hydrogen-bond donors (Lipinski definition) is 0. The second-order valence-corrected chi connectivity index (χ2v) is 16.3. The minimum absolute atomic E-state index is 0.642. The van der Waals surface area contributed by atoms with Crippen LogP contribution in [0.2, 0.25) is 0 Å². The van der Waals surface area contributed by atoms with E-state index in [1.807, 2.05) is 18.2 Å². The topological polar surface area (TPSA) is 38.7 Å². The SMILES string of the molecule is c1ccc(-c2nc(-c3ccc(-c4cccc(-c5cc6ccc7cccc8c9cccc%10ccc%11cccc(c(c5)c6c78)c%11c%109)c4)cc3)nc(-c3cccc4ccccc34)n2)cc1. The van der Waals surface area contributed by atoms with Crippen molar-refractivity contribution in [2.45, 2.75) is 0 Å². The van der Waals surface area contributed by atoms with E-state index in [2.05, 4.69) is 194 Å². The molecule has 13 rings (SSSR count). The van der Waals surface area contributed by atoms with Gasteiger partial charge in [0, 0.05) is 16.7 Å². The summed E-state index contributed by atoms with van der Waals surface area (Å²) in [5.74, 6) is 1.95. The van der Waals surface area contributed by atoms with Gasteiger partial charge in [0.1, 0.15) is 0 Å². The van der Waals surface area contributed by atoms with Crippen molar-refractivity contribution < 1.29 is 0 Å². The Bertz CT molecular complexity index is 3900. The maximum atomic E-state index is 5.10. The fourth-order valence-corrected chi connectivity index (χ4v) is 9.90. The van der Waals surface area contributed by atoms with Gasteiger partial charge in [-0.25, -0.2) is 15.0 Å². The van der Waals surface area contributed by atoms with Crippen LogP contribution in [0.5, 0.6) is 0 Å². The molecule has 62 heavy (non-hydrogen) atoms.